The van der Waals surface area contributed by atoms with Gasteiger partial charge in [0, 0.05) is 50.0 Å². The van der Waals surface area contributed by atoms with E-state index in [0.717, 1.165) is 23.5 Å². The monoisotopic (exact) mass is 292 g/mol. The van der Waals surface area contributed by atoms with Gasteiger partial charge in [0.1, 0.15) is 17.7 Å². The first-order valence-corrected chi connectivity index (χ1v) is 6.68. The topological polar surface area (TPSA) is 80.7 Å². The molecule has 0 saturated heterocycles. The van der Waals surface area contributed by atoms with Crippen LogP contribution in [-0.4, -0.2) is 16.8 Å². The van der Waals surface area contributed by atoms with Gasteiger partial charge < -0.3 is 10.2 Å². The smallest absolute Gasteiger partial charge is 0.145 e. The molecule has 0 atom stereocenters. The standard InChI is InChI=1S/C16H16N6/c1-21(11-14-10-20-22(2)12-14)16-5-3-15(4-6-16)19-9-13(7-17)8-18/h3-6,9-10,12,19H,11H2,1-2H3. The second-order valence-corrected chi connectivity index (χ2v) is 4.85. The number of nitrogens with one attached hydrogen (secondary N) is 1. The zero-order valence-corrected chi connectivity index (χ0v) is 12.5. The maximum atomic E-state index is 8.67. The van der Waals surface area contributed by atoms with Gasteiger partial charge >= 0.3 is 0 Å². The van der Waals surface area contributed by atoms with E-state index in [1.807, 2.05) is 50.8 Å². The molecular formula is C16H16N6. The van der Waals surface area contributed by atoms with E-state index in [1.54, 1.807) is 16.8 Å². The number of nitrogens with zero attached hydrogens (tertiary/aromatic N) is 5. The van der Waals surface area contributed by atoms with Gasteiger partial charge in [-0.3, -0.25) is 4.68 Å². The molecule has 2 rings (SSSR count). The molecule has 110 valence electrons. The van der Waals surface area contributed by atoms with Crippen molar-refractivity contribution < 1.29 is 0 Å². The molecule has 0 bridgehead atoms. The van der Waals surface area contributed by atoms with Crippen LogP contribution < -0.4 is 10.2 Å². The van der Waals surface area contributed by atoms with Crippen molar-refractivity contribution in [3.05, 3.63) is 54.0 Å². The van der Waals surface area contributed by atoms with Crippen LogP contribution in [0.4, 0.5) is 11.4 Å². The zero-order chi connectivity index (χ0) is 15.9. The van der Waals surface area contributed by atoms with E-state index in [-0.39, 0.29) is 5.57 Å². The molecule has 1 N–H and O–H groups in total. The van der Waals surface area contributed by atoms with Crippen molar-refractivity contribution in [1.29, 1.82) is 10.5 Å². The number of hydrogen-bond donors (Lipinski definition) is 1. The van der Waals surface area contributed by atoms with Crippen molar-refractivity contribution in [2.24, 2.45) is 7.05 Å². The van der Waals surface area contributed by atoms with Crippen LogP contribution in [0.2, 0.25) is 0 Å². The van der Waals surface area contributed by atoms with Gasteiger partial charge in [-0.2, -0.15) is 15.6 Å². The summed E-state index contributed by atoms with van der Waals surface area (Å²) in [6.45, 7) is 0.771. The van der Waals surface area contributed by atoms with Gasteiger partial charge in [0.25, 0.3) is 0 Å². The fraction of sp³-hybridized carbons (Fsp3) is 0.188. The molecule has 0 aliphatic rings. The number of nitriles is 2. The van der Waals surface area contributed by atoms with Gasteiger partial charge in [-0.05, 0) is 24.3 Å². The molecule has 1 heterocycles. The molecule has 0 aliphatic carbocycles. The molecule has 0 saturated carbocycles. The maximum absolute atomic E-state index is 8.67. The Balaban J connectivity index is 2.01. The molecule has 1 aromatic carbocycles. The summed E-state index contributed by atoms with van der Waals surface area (Å²) >= 11 is 0. The average Bonchev–Trinajstić information content (AvgIpc) is 2.94. The highest BCUT2D eigenvalue weighted by Gasteiger charge is 2.04. The van der Waals surface area contributed by atoms with Crippen molar-refractivity contribution in [1.82, 2.24) is 9.78 Å². The van der Waals surface area contributed by atoms with Crippen LogP contribution in [0, 0.1) is 22.7 Å². The fourth-order valence-corrected chi connectivity index (χ4v) is 1.98. The largest absolute Gasteiger partial charge is 0.370 e. The molecule has 0 unspecified atom stereocenters. The van der Waals surface area contributed by atoms with Crippen LogP contribution in [-0.2, 0) is 13.6 Å². The lowest BCUT2D eigenvalue weighted by molar-refractivity contribution is 0.766. The fourth-order valence-electron chi connectivity index (χ4n) is 1.98. The van der Waals surface area contributed by atoms with Gasteiger partial charge in [-0.25, -0.2) is 0 Å². The van der Waals surface area contributed by atoms with Crippen LogP contribution in [0.25, 0.3) is 0 Å². The first-order valence-electron chi connectivity index (χ1n) is 6.68. The Morgan fingerprint density at radius 2 is 2.00 bits per heavy atom. The molecule has 2 aromatic rings. The number of hydrogen-bond acceptors (Lipinski definition) is 5. The Bertz CT molecular complexity index is 726. The number of benzene rings is 1. The lowest BCUT2D eigenvalue weighted by atomic mass is 10.2. The highest BCUT2D eigenvalue weighted by Crippen LogP contribution is 2.18. The lowest BCUT2D eigenvalue weighted by Crippen LogP contribution is -2.15. The Morgan fingerprint density at radius 3 is 2.55 bits per heavy atom. The highest BCUT2D eigenvalue weighted by molar-refractivity contribution is 5.56. The number of aryl methyl sites for hydroxylation is 1. The summed E-state index contributed by atoms with van der Waals surface area (Å²) < 4.78 is 1.78. The highest BCUT2D eigenvalue weighted by atomic mass is 15.2. The summed E-state index contributed by atoms with van der Waals surface area (Å²) in [7, 11) is 3.91. The van der Waals surface area contributed by atoms with Crippen molar-refractivity contribution >= 4 is 11.4 Å². The third-order valence-electron chi connectivity index (χ3n) is 3.11. The van der Waals surface area contributed by atoms with Crippen LogP contribution in [0.1, 0.15) is 5.56 Å². The summed E-state index contributed by atoms with van der Waals surface area (Å²) in [6.07, 6.45) is 5.24. The van der Waals surface area contributed by atoms with E-state index in [4.69, 9.17) is 10.5 Å². The Kier molecular flexibility index (Phi) is 4.79. The van der Waals surface area contributed by atoms with E-state index in [2.05, 4.69) is 15.3 Å². The van der Waals surface area contributed by atoms with Gasteiger partial charge in [-0.15, -0.1) is 0 Å². The number of rotatable bonds is 5. The Hall–Kier alpha value is -3.25. The SMILES string of the molecule is CN(Cc1cnn(C)c1)c1ccc(NC=C(C#N)C#N)cc1. The van der Waals surface area contributed by atoms with E-state index >= 15 is 0 Å². The zero-order valence-electron chi connectivity index (χ0n) is 12.5. The minimum Gasteiger partial charge on any atom is -0.370 e. The summed E-state index contributed by atoms with van der Waals surface area (Å²) in [5.74, 6) is 0. The lowest BCUT2D eigenvalue weighted by Gasteiger charge is -2.18. The predicted molar refractivity (Wildman–Crippen MR) is 84.7 cm³/mol. The summed E-state index contributed by atoms with van der Waals surface area (Å²) in [4.78, 5) is 2.12. The van der Waals surface area contributed by atoms with Gasteiger partial charge in [0.15, 0.2) is 0 Å². The maximum Gasteiger partial charge on any atom is 0.145 e. The van der Waals surface area contributed by atoms with Gasteiger partial charge in [0.2, 0.25) is 0 Å². The van der Waals surface area contributed by atoms with E-state index < -0.39 is 0 Å². The van der Waals surface area contributed by atoms with Gasteiger partial charge in [0.05, 0.1) is 6.20 Å². The molecule has 0 fully saturated rings. The minimum atomic E-state index is 0.0396. The second kappa shape index (κ2) is 6.96. The molecule has 0 aliphatic heterocycles. The van der Waals surface area contributed by atoms with E-state index in [0.29, 0.717) is 0 Å². The molecule has 6 heteroatoms. The first-order chi connectivity index (χ1) is 10.6. The van der Waals surface area contributed by atoms with E-state index in [9.17, 15) is 0 Å². The quantitative estimate of drug-likeness (QED) is 0.856. The summed E-state index contributed by atoms with van der Waals surface area (Å²) in [5, 5.41) is 24.4. The number of anilines is 2. The van der Waals surface area contributed by atoms with Crippen LogP contribution in [0.5, 0.6) is 0 Å². The van der Waals surface area contributed by atoms with Crippen molar-refractivity contribution in [3.63, 3.8) is 0 Å². The number of aromatic nitrogens is 2. The van der Waals surface area contributed by atoms with Crippen molar-refractivity contribution in [3.8, 4) is 12.1 Å². The molecule has 0 spiro atoms. The Labute approximate surface area is 129 Å². The van der Waals surface area contributed by atoms with Crippen LogP contribution in [0.15, 0.2) is 48.4 Å². The molecule has 6 nitrogen and oxygen atoms in total. The molecular weight excluding hydrogens is 276 g/mol. The molecule has 1 aromatic heterocycles. The Morgan fingerprint density at radius 1 is 1.32 bits per heavy atom. The third-order valence-corrected chi connectivity index (χ3v) is 3.11. The van der Waals surface area contributed by atoms with Crippen molar-refractivity contribution in [2.45, 2.75) is 6.54 Å². The molecule has 0 radical (unpaired) electrons. The first kappa shape index (κ1) is 15.1. The van der Waals surface area contributed by atoms with Crippen LogP contribution >= 0.6 is 0 Å². The predicted octanol–water partition coefficient (Wildman–Crippen LogP) is 2.40. The summed E-state index contributed by atoms with van der Waals surface area (Å²) in [5.41, 5.74) is 3.07. The third kappa shape index (κ3) is 3.87. The molecule has 22 heavy (non-hydrogen) atoms. The normalized spacial score (nSPS) is 9.45. The van der Waals surface area contributed by atoms with Gasteiger partial charge in [-0.1, -0.05) is 0 Å². The summed E-state index contributed by atoms with van der Waals surface area (Å²) in [6, 6.07) is 11.4. The molecule has 0 amide bonds. The van der Waals surface area contributed by atoms with E-state index in [1.165, 1.54) is 6.20 Å². The number of allylic oxidation sites excluding steroid dienone is 1. The average molecular weight is 292 g/mol. The van der Waals surface area contributed by atoms with Crippen molar-refractivity contribution in [2.75, 3.05) is 17.3 Å². The second-order valence-electron chi connectivity index (χ2n) is 4.85. The minimum absolute atomic E-state index is 0.0396. The van der Waals surface area contributed by atoms with Crippen LogP contribution in [0.3, 0.4) is 0 Å².